The number of aliphatic hydroxyl groups excluding tert-OH is 1. The second-order valence-electron chi connectivity index (χ2n) is 4.25. The molecule has 0 aliphatic rings. The van der Waals surface area contributed by atoms with Gasteiger partial charge in [-0.3, -0.25) is 0 Å². The number of hydrogen-bond donors (Lipinski definition) is 2. The largest absolute Gasteiger partial charge is 0.441 e. The van der Waals surface area contributed by atoms with Gasteiger partial charge in [0.15, 0.2) is 11.5 Å². The van der Waals surface area contributed by atoms with Crippen molar-refractivity contribution in [2.75, 3.05) is 18.5 Å². The highest BCUT2D eigenvalue weighted by atomic mass is 16.3. The molecule has 17 heavy (non-hydrogen) atoms. The molecule has 0 saturated heterocycles. The molecule has 2 N–H and O–H groups in total. The summed E-state index contributed by atoms with van der Waals surface area (Å²) in [5.41, 5.74) is 2.68. The summed E-state index contributed by atoms with van der Waals surface area (Å²) in [5.74, 6) is 0.976. The van der Waals surface area contributed by atoms with E-state index in [0.717, 1.165) is 29.8 Å². The summed E-state index contributed by atoms with van der Waals surface area (Å²) < 4.78 is 5.41. The van der Waals surface area contributed by atoms with Crippen LogP contribution in [0.3, 0.4) is 0 Å². The Labute approximate surface area is 101 Å². The summed E-state index contributed by atoms with van der Waals surface area (Å²) in [4.78, 5) is 4.29. The molecule has 0 aliphatic heterocycles. The Bertz CT molecular complexity index is 489. The number of anilines is 1. The van der Waals surface area contributed by atoms with Crippen LogP contribution in [0.2, 0.25) is 0 Å². The molecule has 0 amide bonds. The molecule has 4 nitrogen and oxygen atoms in total. The first-order chi connectivity index (χ1) is 8.22. The van der Waals surface area contributed by atoms with Crippen molar-refractivity contribution in [2.24, 2.45) is 5.92 Å². The van der Waals surface area contributed by atoms with Crippen molar-refractivity contribution in [1.82, 2.24) is 4.98 Å². The molecule has 1 atom stereocenters. The maximum Gasteiger partial charge on any atom is 0.192 e. The van der Waals surface area contributed by atoms with Crippen molar-refractivity contribution in [3.8, 4) is 0 Å². The SMILES string of the molecule is CCC(CO)CNc1ccc2oc(C)nc2c1. The molecule has 2 aromatic rings. The number of benzene rings is 1. The first kappa shape index (κ1) is 11.9. The fourth-order valence-corrected chi connectivity index (χ4v) is 1.75. The van der Waals surface area contributed by atoms with Crippen LogP contribution in [0, 0.1) is 12.8 Å². The topological polar surface area (TPSA) is 58.3 Å². The van der Waals surface area contributed by atoms with E-state index in [-0.39, 0.29) is 6.61 Å². The summed E-state index contributed by atoms with van der Waals surface area (Å²) in [6, 6.07) is 5.85. The first-order valence-corrected chi connectivity index (χ1v) is 5.95. The minimum absolute atomic E-state index is 0.217. The van der Waals surface area contributed by atoms with Crippen LogP contribution in [0.5, 0.6) is 0 Å². The molecule has 1 aromatic heterocycles. The molecule has 0 saturated carbocycles. The maximum absolute atomic E-state index is 9.11. The first-order valence-electron chi connectivity index (χ1n) is 5.95. The zero-order chi connectivity index (χ0) is 12.3. The van der Waals surface area contributed by atoms with Gasteiger partial charge in [-0.15, -0.1) is 0 Å². The third-order valence-electron chi connectivity index (χ3n) is 2.92. The number of hydrogen-bond acceptors (Lipinski definition) is 4. The summed E-state index contributed by atoms with van der Waals surface area (Å²) in [7, 11) is 0. The smallest absolute Gasteiger partial charge is 0.192 e. The van der Waals surface area contributed by atoms with Crippen LogP contribution >= 0.6 is 0 Å². The Hall–Kier alpha value is -1.55. The summed E-state index contributed by atoms with van der Waals surface area (Å²) in [6.07, 6.45) is 0.967. The van der Waals surface area contributed by atoms with Gasteiger partial charge >= 0.3 is 0 Å². The molecule has 0 spiro atoms. The Balaban J connectivity index is 2.08. The van der Waals surface area contributed by atoms with Gasteiger partial charge in [-0.2, -0.15) is 0 Å². The number of aromatic nitrogens is 1. The molecule has 92 valence electrons. The standard InChI is InChI=1S/C13H18N2O2/c1-3-10(8-16)7-14-11-4-5-13-12(6-11)15-9(2)17-13/h4-6,10,14,16H,3,7-8H2,1-2H3. The third kappa shape index (κ3) is 2.77. The number of nitrogens with one attached hydrogen (secondary N) is 1. The normalized spacial score (nSPS) is 12.9. The van der Waals surface area contributed by atoms with Gasteiger partial charge in [0, 0.05) is 25.8 Å². The molecule has 2 rings (SSSR count). The van der Waals surface area contributed by atoms with Gasteiger partial charge in [-0.1, -0.05) is 6.92 Å². The number of oxazole rings is 1. The second-order valence-corrected chi connectivity index (χ2v) is 4.25. The zero-order valence-electron chi connectivity index (χ0n) is 10.2. The van der Waals surface area contributed by atoms with Crippen molar-refractivity contribution in [2.45, 2.75) is 20.3 Å². The summed E-state index contributed by atoms with van der Waals surface area (Å²) in [5, 5.41) is 12.4. The second kappa shape index (κ2) is 5.19. The van der Waals surface area contributed by atoms with Crippen LogP contribution in [-0.4, -0.2) is 23.2 Å². The fraction of sp³-hybridized carbons (Fsp3) is 0.462. The van der Waals surface area contributed by atoms with Crippen molar-refractivity contribution in [3.63, 3.8) is 0 Å². The van der Waals surface area contributed by atoms with E-state index in [2.05, 4.69) is 17.2 Å². The molecule has 1 unspecified atom stereocenters. The van der Waals surface area contributed by atoms with Gasteiger partial charge in [-0.25, -0.2) is 4.98 Å². The number of aliphatic hydroxyl groups is 1. The minimum Gasteiger partial charge on any atom is -0.441 e. The Morgan fingerprint density at radius 2 is 2.29 bits per heavy atom. The van der Waals surface area contributed by atoms with Crippen LogP contribution in [0.4, 0.5) is 5.69 Å². The highest BCUT2D eigenvalue weighted by molar-refractivity contribution is 5.77. The van der Waals surface area contributed by atoms with Crippen LogP contribution in [0.15, 0.2) is 22.6 Å². The molecule has 0 fully saturated rings. The summed E-state index contributed by atoms with van der Waals surface area (Å²) in [6.45, 7) is 4.91. The van der Waals surface area contributed by atoms with Gasteiger partial charge in [0.25, 0.3) is 0 Å². The predicted molar refractivity (Wildman–Crippen MR) is 68.1 cm³/mol. The molecular formula is C13H18N2O2. The highest BCUT2D eigenvalue weighted by Crippen LogP contribution is 2.20. The monoisotopic (exact) mass is 234 g/mol. The van der Waals surface area contributed by atoms with Crippen molar-refractivity contribution >= 4 is 16.8 Å². The summed E-state index contributed by atoms with van der Waals surface area (Å²) >= 11 is 0. The molecule has 4 heteroatoms. The van der Waals surface area contributed by atoms with E-state index in [0.29, 0.717) is 11.8 Å². The number of fused-ring (bicyclic) bond motifs is 1. The number of nitrogens with zero attached hydrogens (tertiary/aromatic N) is 1. The van der Waals surface area contributed by atoms with Gasteiger partial charge in [0.1, 0.15) is 5.52 Å². The maximum atomic E-state index is 9.11. The van der Waals surface area contributed by atoms with Crippen molar-refractivity contribution in [3.05, 3.63) is 24.1 Å². The average molecular weight is 234 g/mol. The van der Waals surface area contributed by atoms with E-state index in [1.165, 1.54) is 0 Å². The molecule has 0 bridgehead atoms. The van der Waals surface area contributed by atoms with Crippen LogP contribution in [0.25, 0.3) is 11.1 Å². The van der Waals surface area contributed by atoms with E-state index >= 15 is 0 Å². The van der Waals surface area contributed by atoms with Crippen molar-refractivity contribution in [1.29, 1.82) is 0 Å². The Morgan fingerprint density at radius 3 is 3.00 bits per heavy atom. The lowest BCUT2D eigenvalue weighted by Gasteiger charge is -2.13. The fourth-order valence-electron chi connectivity index (χ4n) is 1.75. The lowest BCUT2D eigenvalue weighted by Crippen LogP contribution is -2.16. The molecule has 0 radical (unpaired) electrons. The third-order valence-corrected chi connectivity index (χ3v) is 2.92. The van der Waals surface area contributed by atoms with E-state index in [1.54, 1.807) is 0 Å². The molecule has 1 aromatic carbocycles. The number of aryl methyl sites for hydroxylation is 1. The predicted octanol–water partition coefficient (Wildman–Crippen LogP) is 2.57. The lowest BCUT2D eigenvalue weighted by molar-refractivity contribution is 0.230. The van der Waals surface area contributed by atoms with Crippen LogP contribution in [0.1, 0.15) is 19.2 Å². The Morgan fingerprint density at radius 1 is 1.47 bits per heavy atom. The quantitative estimate of drug-likeness (QED) is 0.834. The van der Waals surface area contributed by atoms with Gasteiger partial charge < -0.3 is 14.8 Å². The molecular weight excluding hydrogens is 216 g/mol. The average Bonchev–Trinajstić information content (AvgIpc) is 2.69. The molecule has 1 heterocycles. The van der Waals surface area contributed by atoms with Gasteiger partial charge in [0.2, 0.25) is 0 Å². The van der Waals surface area contributed by atoms with Crippen LogP contribution < -0.4 is 5.32 Å². The Kier molecular flexibility index (Phi) is 3.64. The van der Waals surface area contributed by atoms with E-state index in [9.17, 15) is 0 Å². The van der Waals surface area contributed by atoms with Crippen LogP contribution in [-0.2, 0) is 0 Å². The van der Waals surface area contributed by atoms with Crippen molar-refractivity contribution < 1.29 is 9.52 Å². The van der Waals surface area contributed by atoms with Gasteiger partial charge in [0.05, 0.1) is 0 Å². The van der Waals surface area contributed by atoms with E-state index in [1.807, 2.05) is 25.1 Å². The lowest BCUT2D eigenvalue weighted by atomic mass is 10.1. The van der Waals surface area contributed by atoms with E-state index in [4.69, 9.17) is 9.52 Å². The zero-order valence-corrected chi connectivity index (χ0v) is 10.2. The van der Waals surface area contributed by atoms with Gasteiger partial charge in [-0.05, 0) is 30.5 Å². The van der Waals surface area contributed by atoms with E-state index < -0.39 is 0 Å². The number of rotatable bonds is 5. The molecule has 0 aliphatic carbocycles. The highest BCUT2D eigenvalue weighted by Gasteiger charge is 2.06. The minimum atomic E-state index is 0.217.